The van der Waals surface area contributed by atoms with Gasteiger partial charge in [-0.1, -0.05) is 0 Å². The zero-order valence-electron chi connectivity index (χ0n) is 30.9. The molecule has 5 fully saturated rings. The van der Waals surface area contributed by atoms with Gasteiger partial charge in [-0.2, -0.15) is 0 Å². The van der Waals surface area contributed by atoms with Gasteiger partial charge in [0.25, 0.3) is 0 Å². The number of carbonyl (C=O) groups excluding carboxylic acids is 1. The third-order valence-electron chi connectivity index (χ3n) is 10.6. The van der Waals surface area contributed by atoms with Gasteiger partial charge in [-0.15, -0.1) is 0 Å². The minimum Gasteiger partial charge on any atom is -0.394 e. The number of rotatable bonds is 15. The van der Waals surface area contributed by atoms with Gasteiger partial charge in [0.15, 0.2) is 25.2 Å². The van der Waals surface area contributed by atoms with E-state index >= 15 is 0 Å². The van der Waals surface area contributed by atoms with Crippen LogP contribution in [-0.2, 0) is 47.4 Å². The Morgan fingerprint density at radius 1 is 0.431 bits per heavy atom. The molecular formula is C32H55NO25. The summed E-state index contributed by atoms with van der Waals surface area (Å²) >= 11 is 0. The molecule has 5 saturated heterocycles. The maximum atomic E-state index is 12.1. The quantitative estimate of drug-likeness (QED) is 0.0727. The molecular weight excluding hydrogens is 798 g/mol. The van der Waals surface area contributed by atoms with Gasteiger partial charge in [0.2, 0.25) is 5.91 Å². The fourth-order valence-corrected chi connectivity index (χ4v) is 7.25. The molecule has 26 nitrogen and oxygen atoms in total. The van der Waals surface area contributed by atoms with E-state index in [9.17, 15) is 81.4 Å². The van der Waals surface area contributed by atoms with E-state index in [0.717, 1.165) is 6.92 Å². The van der Waals surface area contributed by atoms with Crippen molar-refractivity contribution in [3.63, 3.8) is 0 Å². The van der Waals surface area contributed by atoms with Crippen molar-refractivity contribution in [3.05, 3.63) is 0 Å². The first-order valence-corrected chi connectivity index (χ1v) is 18.5. The molecule has 0 aromatic rings. The lowest BCUT2D eigenvalue weighted by molar-refractivity contribution is -0.378. The SMILES string of the molecule is CC(=O)N[C@H]1[C@H](O[C@H]2[C@H](O)[C@H](O)[C@@H](OC[C@@H]3O[C@H](CO)[C@@H](O)[C@@H]3O)O[C@@H]2CO[C@H]2O[C@H](CO)[C@@H](O)[C@H](O)[C@@H]2O[C@H]2O[C@H](CO)[C@@H](O)[C@H](O)[C@@H]2O)O[C@H](CO)[C@H](O)[C@@H]1O. The molecule has 0 unspecified atom stereocenters. The second-order valence-electron chi connectivity index (χ2n) is 14.6. The third-order valence-corrected chi connectivity index (χ3v) is 10.6. The van der Waals surface area contributed by atoms with Crippen LogP contribution in [0, 0.1) is 0 Å². The Morgan fingerprint density at radius 2 is 0.828 bits per heavy atom. The zero-order chi connectivity index (χ0) is 42.7. The van der Waals surface area contributed by atoms with Gasteiger partial charge in [-0.25, -0.2) is 0 Å². The molecule has 24 atom stereocenters. The molecule has 26 heteroatoms. The monoisotopic (exact) mass is 853 g/mol. The number of hydrogen-bond donors (Lipinski definition) is 16. The molecule has 58 heavy (non-hydrogen) atoms. The summed E-state index contributed by atoms with van der Waals surface area (Å²) in [5, 5.41) is 158. The van der Waals surface area contributed by atoms with Gasteiger partial charge >= 0.3 is 0 Å². The van der Waals surface area contributed by atoms with Crippen LogP contribution in [0.3, 0.4) is 0 Å². The lowest BCUT2D eigenvalue weighted by Gasteiger charge is -2.48. The molecule has 0 saturated carbocycles. The summed E-state index contributed by atoms with van der Waals surface area (Å²) in [4.78, 5) is 12.1. The van der Waals surface area contributed by atoms with Gasteiger partial charge in [0.1, 0.15) is 122 Å². The van der Waals surface area contributed by atoms with Crippen LogP contribution >= 0.6 is 0 Å². The van der Waals surface area contributed by atoms with Crippen molar-refractivity contribution in [1.82, 2.24) is 5.32 Å². The summed E-state index contributed by atoms with van der Waals surface area (Å²) in [7, 11) is 0. The van der Waals surface area contributed by atoms with Gasteiger partial charge in [-0.05, 0) is 0 Å². The smallest absolute Gasteiger partial charge is 0.217 e. The van der Waals surface area contributed by atoms with Crippen molar-refractivity contribution < 1.29 is 124 Å². The van der Waals surface area contributed by atoms with Crippen LogP contribution in [0.5, 0.6) is 0 Å². The fraction of sp³-hybridized carbons (Fsp3) is 0.969. The Hall–Kier alpha value is -1.49. The van der Waals surface area contributed by atoms with Crippen LogP contribution in [0.4, 0.5) is 0 Å². The molecule has 5 heterocycles. The summed E-state index contributed by atoms with van der Waals surface area (Å²) in [5.41, 5.74) is 0. The highest BCUT2D eigenvalue weighted by atomic mass is 16.8. The van der Waals surface area contributed by atoms with Crippen molar-refractivity contribution in [1.29, 1.82) is 0 Å². The molecule has 0 spiro atoms. The summed E-state index contributed by atoms with van der Waals surface area (Å²) in [6, 6.07) is -1.55. The minimum absolute atomic E-state index is 0.593. The Labute approximate surface area is 329 Å². The van der Waals surface area contributed by atoms with Crippen molar-refractivity contribution >= 4 is 5.91 Å². The van der Waals surface area contributed by atoms with E-state index in [1.54, 1.807) is 0 Å². The van der Waals surface area contributed by atoms with Gasteiger partial charge < -0.3 is 125 Å². The number of aliphatic hydroxyl groups is 15. The lowest BCUT2D eigenvalue weighted by atomic mass is 9.95. The maximum absolute atomic E-state index is 12.1. The second-order valence-corrected chi connectivity index (χ2v) is 14.6. The van der Waals surface area contributed by atoms with Crippen LogP contribution < -0.4 is 5.32 Å². The Morgan fingerprint density at radius 3 is 1.40 bits per heavy atom. The number of nitrogens with one attached hydrogen (secondary N) is 1. The highest BCUT2D eigenvalue weighted by molar-refractivity contribution is 5.73. The topological polar surface area (TPSA) is 416 Å². The van der Waals surface area contributed by atoms with Gasteiger partial charge in [0.05, 0.1) is 39.6 Å². The molecule has 5 rings (SSSR count). The van der Waals surface area contributed by atoms with E-state index in [4.69, 9.17) is 42.6 Å². The predicted molar refractivity (Wildman–Crippen MR) is 177 cm³/mol. The number of aliphatic hydroxyl groups excluding tert-OH is 15. The maximum Gasteiger partial charge on any atom is 0.217 e. The molecule has 0 aromatic heterocycles. The van der Waals surface area contributed by atoms with Crippen LogP contribution in [0.25, 0.3) is 0 Å². The first-order chi connectivity index (χ1) is 27.5. The molecule has 0 aliphatic carbocycles. The second kappa shape index (κ2) is 20.6. The normalized spacial score (nSPS) is 50.1. The standard InChI is InChI=1S/C32H55NO25/c1-8(38)33-15-21(44)17(40)10(3-35)53-29(15)57-27-14(56-30(26(49)24(27)47)50-6-13-20(43)16(39)9(2-34)52-13)7-51-32-28(23(46)19(42)12(5-37)55-32)58-31-25(48)22(45)18(41)11(4-36)54-31/h9-32,34-37,39-49H,2-7H2,1H3,(H,33,38)/t9-,10-,11-,12-,13+,14-,15-,16-,17+,18-,19-,20-,21-,22+,23+,24-,25+,26+,27-,28+,29+,30+,31-,32+/m1/s1. The molecule has 0 aromatic carbocycles. The Kier molecular flexibility index (Phi) is 16.9. The molecule has 5 aliphatic heterocycles. The number of carbonyl (C=O) groups is 1. The first kappa shape index (κ1) is 47.6. The van der Waals surface area contributed by atoms with Crippen LogP contribution in [0.1, 0.15) is 6.92 Å². The number of hydrogen-bond acceptors (Lipinski definition) is 25. The Balaban J connectivity index is 1.41. The highest BCUT2D eigenvalue weighted by Gasteiger charge is 2.55. The average Bonchev–Trinajstić information content (AvgIpc) is 3.48. The van der Waals surface area contributed by atoms with Crippen LogP contribution in [0.2, 0.25) is 0 Å². The Bertz CT molecular complexity index is 1290. The third kappa shape index (κ3) is 10.1. The van der Waals surface area contributed by atoms with E-state index in [-0.39, 0.29) is 0 Å². The first-order valence-electron chi connectivity index (χ1n) is 18.5. The number of ether oxygens (including phenoxy) is 9. The molecule has 0 radical (unpaired) electrons. The van der Waals surface area contributed by atoms with Crippen molar-refractivity contribution in [2.24, 2.45) is 0 Å². The summed E-state index contributed by atoms with van der Waals surface area (Å²) < 4.78 is 51.0. The largest absolute Gasteiger partial charge is 0.394 e. The highest BCUT2D eigenvalue weighted by Crippen LogP contribution is 2.34. The molecule has 1 amide bonds. The minimum atomic E-state index is -2.04. The number of amides is 1. The fourth-order valence-electron chi connectivity index (χ4n) is 7.25. The van der Waals surface area contributed by atoms with Crippen LogP contribution in [-0.4, -0.2) is 269 Å². The summed E-state index contributed by atoms with van der Waals surface area (Å²) in [5.74, 6) is -0.728. The summed E-state index contributed by atoms with van der Waals surface area (Å²) in [6.45, 7) is -3.60. The van der Waals surface area contributed by atoms with Gasteiger partial charge in [0, 0.05) is 6.92 Å². The van der Waals surface area contributed by atoms with E-state index in [0.29, 0.717) is 0 Å². The zero-order valence-corrected chi connectivity index (χ0v) is 30.9. The molecule has 338 valence electrons. The lowest BCUT2D eigenvalue weighted by Crippen LogP contribution is -2.68. The van der Waals surface area contributed by atoms with Crippen molar-refractivity contribution in [2.45, 2.75) is 154 Å². The van der Waals surface area contributed by atoms with Gasteiger partial charge in [-0.3, -0.25) is 4.79 Å². The van der Waals surface area contributed by atoms with Crippen LogP contribution in [0.15, 0.2) is 0 Å². The molecule has 0 bridgehead atoms. The summed E-state index contributed by atoms with van der Waals surface area (Å²) in [6.07, 6.45) is -39.8. The van der Waals surface area contributed by atoms with Crippen molar-refractivity contribution in [3.8, 4) is 0 Å². The van der Waals surface area contributed by atoms with E-state index in [2.05, 4.69) is 5.32 Å². The predicted octanol–water partition coefficient (Wildman–Crippen LogP) is -11.1. The molecule has 16 N–H and O–H groups in total. The van der Waals surface area contributed by atoms with E-state index < -0.39 is 193 Å². The van der Waals surface area contributed by atoms with Crippen molar-refractivity contribution in [2.75, 3.05) is 39.6 Å². The van der Waals surface area contributed by atoms with E-state index in [1.165, 1.54) is 0 Å². The molecule has 5 aliphatic rings. The average molecular weight is 854 g/mol. The van der Waals surface area contributed by atoms with E-state index in [1.807, 2.05) is 0 Å².